The van der Waals surface area contributed by atoms with Crippen molar-refractivity contribution in [3.8, 4) is 0 Å². The van der Waals surface area contributed by atoms with Gasteiger partial charge in [0.2, 0.25) is 5.91 Å². The van der Waals surface area contributed by atoms with Crippen LogP contribution in [-0.2, 0) is 14.0 Å². The van der Waals surface area contributed by atoms with Gasteiger partial charge in [0.05, 0.1) is 5.92 Å². The maximum Gasteiger partial charge on any atom is 0.306 e. The molecule has 2 N–H and O–H groups in total. The molecular formula is C30H43NO4Si. The molecule has 2 aromatic rings. The molecular weight excluding hydrogens is 466 g/mol. The van der Waals surface area contributed by atoms with Gasteiger partial charge in [-0.1, -0.05) is 95.3 Å². The third-order valence-corrected chi connectivity index (χ3v) is 12.7. The number of carbonyl (C=O) groups excluding carboxylic acids is 1. The van der Waals surface area contributed by atoms with Gasteiger partial charge in [-0.15, -0.1) is 0 Å². The van der Waals surface area contributed by atoms with Crippen LogP contribution in [0.15, 0.2) is 60.7 Å². The molecule has 1 saturated carbocycles. The molecule has 0 saturated heterocycles. The Labute approximate surface area is 217 Å². The molecule has 0 unspecified atom stereocenters. The third kappa shape index (κ3) is 6.27. The van der Waals surface area contributed by atoms with E-state index in [1.807, 2.05) is 12.1 Å². The van der Waals surface area contributed by atoms with Crippen LogP contribution in [0, 0.1) is 23.7 Å². The molecule has 1 amide bonds. The quantitative estimate of drug-likeness (QED) is 0.450. The molecule has 1 aliphatic rings. The molecule has 1 fully saturated rings. The first kappa shape index (κ1) is 28.1. The smallest absolute Gasteiger partial charge is 0.306 e. The van der Waals surface area contributed by atoms with Crippen LogP contribution in [0.5, 0.6) is 0 Å². The highest BCUT2D eigenvalue weighted by molar-refractivity contribution is 6.99. The molecule has 0 heterocycles. The van der Waals surface area contributed by atoms with Crippen molar-refractivity contribution in [2.75, 3.05) is 6.61 Å². The summed E-state index contributed by atoms with van der Waals surface area (Å²) in [6, 6.07) is 21.0. The summed E-state index contributed by atoms with van der Waals surface area (Å²) in [6.07, 6.45) is 1.97. The van der Waals surface area contributed by atoms with E-state index in [-0.39, 0.29) is 28.8 Å². The highest BCUT2D eigenvalue weighted by Gasteiger charge is 2.51. The second-order valence-corrected chi connectivity index (χ2v) is 16.1. The van der Waals surface area contributed by atoms with E-state index >= 15 is 0 Å². The summed E-state index contributed by atoms with van der Waals surface area (Å²) >= 11 is 0. The van der Waals surface area contributed by atoms with Gasteiger partial charge in [-0.05, 0) is 52.4 Å². The van der Waals surface area contributed by atoms with Crippen molar-refractivity contribution in [3.05, 3.63) is 60.7 Å². The fourth-order valence-corrected chi connectivity index (χ4v) is 10.8. The van der Waals surface area contributed by atoms with Crippen LogP contribution in [0.25, 0.3) is 0 Å². The van der Waals surface area contributed by atoms with E-state index in [1.54, 1.807) is 6.92 Å². The van der Waals surface area contributed by atoms with Crippen LogP contribution in [0.3, 0.4) is 0 Å². The molecule has 1 aliphatic carbocycles. The number of carboxylic acids is 1. The Hall–Kier alpha value is -2.44. The lowest BCUT2D eigenvalue weighted by Gasteiger charge is -2.44. The largest absolute Gasteiger partial charge is 0.481 e. The number of carbonyl (C=O) groups is 2. The number of carboxylic acid groups (broad SMARTS) is 1. The van der Waals surface area contributed by atoms with E-state index in [1.165, 1.54) is 10.4 Å². The van der Waals surface area contributed by atoms with E-state index in [9.17, 15) is 14.7 Å². The maximum atomic E-state index is 12.1. The minimum absolute atomic E-state index is 0.0559. The minimum Gasteiger partial charge on any atom is -0.481 e. The monoisotopic (exact) mass is 509 g/mol. The molecule has 0 aliphatic heterocycles. The molecule has 196 valence electrons. The lowest BCUT2D eigenvalue weighted by Crippen LogP contribution is -2.67. The molecule has 3 rings (SSSR count). The summed E-state index contributed by atoms with van der Waals surface area (Å²) in [6.45, 7) is 13.1. The van der Waals surface area contributed by atoms with Crippen molar-refractivity contribution in [2.24, 2.45) is 23.7 Å². The first-order valence-corrected chi connectivity index (χ1v) is 15.1. The van der Waals surface area contributed by atoms with Gasteiger partial charge in [0.15, 0.2) is 0 Å². The van der Waals surface area contributed by atoms with Gasteiger partial charge in [-0.3, -0.25) is 9.59 Å². The lowest BCUT2D eigenvalue weighted by atomic mass is 9.84. The minimum atomic E-state index is -2.73. The number of benzene rings is 2. The number of hydrogen-bond donors (Lipinski definition) is 2. The first-order valence-electron chi connectivity index (χ1n) is 13.2. The summed E-state index contributed by atoms with van der Waals surface area (Å²) in [5, 5.41) is 15.3. The topological polar surface area (TPSA) is 75.6 Å². The van der Waals surface area contributed by atoms with E-state index in [0.717, 1.165) is 6.42 Å². The molecule has 5 nitrogen and oxygen atoms in total. The van der Waals surface area contributed by atoms with Crippen LogP contribution >= 0.6 is 0 Å². The van der Waals surface area contributed by atoms with Gasteiger partial charge in [-0.25, -0.2) is 0 Å². The Balaban J connectivity index is 2.02. The second kappa shape index (κ2) is 11.7. The van der Waals surface area contributed by atoms with Crippen molar-refractivity contribution < 1.29 is 19.1 Å². The van der Waals surface area contributed by atoms with Crippen LogP contribution < -0.4 is 15.7 Å². The Morgan fingerprint density at radius 2 is 1.53 bits per heavy atom. The molecule has 0 bridgehead atoms. The van der Waals surface area contributed by atoms with Gasteiger partial charge in [0.1, 0.15) is 0 Å². The summed E-state index contributed by atoms with van der Waals surface area (Å²) < 4.78 is 7.20. The number of amides is 1. The lowest BCUT2D eigenvalue weighted by molar-refractivity contribution is -0.141. The Kier molecular flexibility index (Phi) is 9.17. The average Bonchev–Trinajstić information content (AvgIpc) is 3.24. The van der Waals surface area contributed by atoms with E-state index < -0.39 is 20.2 Å². The zero-order valence-corrected chi connectivity index (χ0v) is 23.7. The van der Waals surface area contributed by atoms with Crippen LogP contribution in [0.2, 0.25) is 5.04 Å². The zero-order chi connectivity index (χ0) is 26.5. The van der Waals surface area contributed by atoms with Gasteiger partial charge in [0.25, 0.3) is 8.32 Å². The van der Waals surface area contributed by atoms with Gasteiger partial charge < -0.3 is 14.8 Å². The fourth-order valence-electron chi connectivity index (χ4n) is 6.15. The van der Waals surface area contributed by atoms with E-state index in [2.05, 4.69) is 88.5 Å². The number of rotatable bonds is 10. The Morgan fingerprint density at radius 3 is 1.94 bits per heavy atom. The summed E-state index contributed by atoms with van der Waals surface area (Å²) in [5.74, 6) is -0.709. The van der Waals surface area contributed by atoms with Crippen molar-refractivity contribution in [1.82, 2.24) is 5.32 Å². The number of aliphatic carboxylic acids is 1. The summed E-state index contributed by atoms with van der Waals surface area (Å²) in [7, 11) is -2.73. The van der Waals surface area contributed by atoms with Crippen molar-refractivity contribution in [3.63, 3.8) is 0 Å². The summed E-state index contributed by atoms with van der Waals surface area (Å²) in [4.78, 5) is 24.1. The molecule has 6 heteroatoms. The highest BCUT2D eigenvalue weighted by Crippen LogP contribution is 2.43. The SMILES string of the molecule is CC(=O)N[C@@H](CC(C)C)[C@@H]1C[C@@H](C(=O)O)C[C@H]1CO[Si](c1ccccc1)(c1ccccc1)C(C)(C)C. The van der Waals surface area contributed by atoms with Crippen LogP contribution in [-0.4, -0.2) is 37.9 Å². The Morgan fingerprint density at radius 1 is 1.00 bits per heavy atom. The summed E-state index contributed by atoms with van der Waals surface area (Å²) in [5.41, 5.74) is 0. The maximum absolute atomic E-state index is 12.1. The fraction of sp³-hybridized carbons (Fsp3) is 0.533. The Bertz CT molecular complexity index is 963. The third-order valence-electron chi connectivity index (χ3n) is 7.66. The van der Waals surface area contributed by atoms with Crippen molar-refractivity contribution in [1.29, 1.82) is 0 Å². The zero-order valence-electron chi connectivity index (χ0n) is 22.7. The first-order chi connectivity index (χ1) is 17.0. The van der Waals surface area contributed by atoms with Crippen molar-refractivity contribution >= 4 is 30.6 Å². The standard InChI is InChI=1S/C30H43NO4Si/c1-21(2)17-28(31-22(3)32)27-19-23(29(33)34)18-24(27)20-35-36(30(4,5)6,25-13-9-7-10-14-25)26-15-11-8-12-16-26/h7-16,21,23-24,27-28H,17-20H2,1-6H3,(H,31,32)(H,33,34)/t23-,24-,27+,28-/m0/s1. The van der Waals surface area contributed by atoms with Gasteiger partial charge in [0, 0.05) is 19.6 Å². The predicted molar refractivity (Wildman–Crippen MR) is 148 cm³/mol. The van der Waals surface area contributed by atoms with Gasteiger partial charge in [-0.2, -0.15) is 0 Å². The normalized spacial score (nSPS) is 21.4. The van der Waals surface area contributed by atoms with E-state index in [0.29, 0.717) is 25.4 Å². The molecule has 4 atom stereocenters. The molecule has 0 radical (unpaired) electrons. The van der Waals surface area contributed by atoms with Crippen molar-refractivity contribution in [2.45, 2.75) is 71.9 Å². The average molecular weight is 510 g/mol. The second-order valence-electron chi connectivity index (χ2n) is 11.8. The van der Waals surface area contributed by atoms with Gasteiger partial charge >= 0.3 is 5.97 Å². The molecule has 0 spiro atoms. The van der Waals surface area contributed by atoms with E-state index in [4.69, 9.17) is 4.43 Å². The number of hydrogen-bond acceptors (Lipinski definition) is 3. The van der Waals surface area contributed by atoms with Crippen LogP contribution in [0.1, 0.15) is 60.8 Å². The molecule has 36 heavy (non-hydrogen) atoms. The predicted octanol–water partition coefficient (Wildman–Crippen LogP) is 4.84. The molecule has 0 aromatic heterocycles. The van der Waals surface area contributed by atoms with Crippen LogP contribution in [0.4, 0.5) is 0 Å². The number of nitrogens with one attached hydrogen (secondary N) is 1. The molecule has 2 aromatic carbocycles. The highest BCUT2D eigenvalue weighted by atomic mass is 28.4.